The summed E-state index contributed by atoms with van der Waals surface area (Å²) in [5, 5.41) is 13.3. The average Bonchev–Trinajstić information content (AvgIpc) is 3.44. The Morgan fingerprint density at radius 2 is 2.10 bits per heavy atom. The summed E-state index contributed by atoms with van der Waals surface area (Å²) >= 11 is 1.64. The van der Waals surface area contributed by atoms with Crippen LogP contribution in [0, 0.1) is 13.8 Å². The maximum absolute atomic E-state index is 12.8. The summed E-state index contributed by atoms with van der Waals surface area (Å²) in [6.07, 6.45) is 5.85. The number of nitrogens with two attached hydrogens (primary N) is 1. The van der Waals surface area contributed by atoms with Crippen LogP contribution < -0.4 is 15.8 Å². The van der Waals surface area contributed by atoms with E-state index in [1.807, 2.05) is 19.2 Å². The summed E-state index contributed by atoms with van der Waals surface area (Å²) in [6, 6.07) is 4.22. The number of rotatable bonds is 7. The van der Waals surface area contributed by atoms with Gasteiger partial charge in [-0.25, -0.2) is 4.98 Å². The molecule has 4 rings (SSSR count). The number of furan rings is 1. The molecule has 0 spiro atoms. The minimum atomic E-state index is -1.17. The Kier molecular flexibility index (Phi) is 5.72. The first-order valence-electron chi connectivity index (χ1n) is 10.2. The Bertz CT molecular complexity index is 1130. The van der Waals surface area contributed by atoms with Crippen molar-refractivity contribution in [3.8, 4) is 5.75 Å². The normalized spacial score (nSPS) is 16.4. The van der Waals surface area contributed by atoms with Gasteiger partial charge in [0.15, 0.2) is 0 Å². The Balaban J connectivity index is 1.68. The molecule has 31 heavy (non-hydrogen) atoms. The number of nitrogens with one attached hydrogen (secondary N) is 1. The van der Waals surface area contributed by atoms with Gasteiger partial charge in [-0.15, -0.1) is 11.3 Å². The minimum Gasteiger partial charge on any atom is -0.482 e. The molecule has 1 atom stereocenters. The Morgan fingerprint density at radius 3 is 2.71 bits per heavy atom. The molecule has 2 heterocycles. The smallest absolute Gasteiger partial charge is 0.256 e. The lowest BCUT2D eigenvalue weighted by Crippen LogP contribution is -2.46. The number of primary amides is 1. The summed E-state index contributed by atoms with van der Waals surface area (Å²) in [5.74, 6) is -0.323. The quantitative estimate of drug-likeness (QED) is 0.515. The molecule has 1 aliphatic rings. The summed E-state index contributed by atoms with van der Waals surface area (Å²) in [4.78, 5) is 29.7. The fourth-order valence-corrected chi connectivity index (χ4v) is 5.09. The van der Waals surface area contributed by atoms with Crippen molar-refractivity contribution in [1.29, 1.82) is 0 Å². The predicted molar refractivity (Wildman–Crippen MR) is 116 cm³/mol. The molecule has 164 valence electrons. The standard InChI is InChI=1S/C22H25N3O5S/c1-12-19(21(28)25-16(11-26)20(23)27)15-9-14(5-6-17(15)29-12)30-22(7-3-4-8-22)18-10-24-13(2)31-18/h5-6,9-10,16,26H,3-4,7-8,11H2,1-2H3,(H2,23,27)(H,25,28)/t16-/m0/s1. The van der Waals surface area contributed by atoms with Gasteiger partial charge in [0.25, 0.3) is 5.91 Å². The Labute approximate surface area is 183 Å². The van der Waals surface area contributed by atoms with E-state index in [0.29, 0.717) is 22.5 Å². The van der Waals surface area contributed by atoms with Crippen molar-refractivity contribution in [3.63, 3.8) is 0 Å². The lowest BCUT2D eigenvalue weighted by atomic mass is 10.0. The summed E-state index contributed by atoms with van der Waals surface area (Å²) in [5.41, 5.74) is 5.62. The van der Waals surface area contributed by atoms with Crippen molar-refractivity contribution in [2.75, 3.05) is 6.61 Å². The fraction of sp³-hybridized carbons (Fsp3) is 0.409. The number of aromatic nitrogens is 1. The van der Waals surface area contributed by atoms with Gasteiger partial charge in [-0.3, -0.25) is 9.59 Å². The molecule has 8 nitrogen and oxygen atoms in total. The van der Waals surface area contributed by atoms with Crippen LogP contribution in [-0.4, -0.2) is 34.6 Å². The highest BCUT2D eigenvalue weighted by Crippen LogP contribution is 2.45. The second-order valence-corrected chi connectivity index (χ2v) is 9.08. The van der Waals surface area contributed by atoms with E-state index in [1.54, 1.807) is 30.4 Å². The zero-order valence-corrected chi connectivity index (χ0v) is 18.3. The van der Waals surface area contributed by atoms with Gasteiger partial charge in [-0.2, -0.15) is 0 Å². The lowest BCUT2D eigenvalue weighted by Gasteiger charge is -2.29. The third kappa shape index (κ3) is 4.03. The maximum atomic E-state index is 12.8. The largest absolute Gasteiger partial charge is 0.482 e. The maximum Gasteiger partial charge on any atom is 0.256 e. The van der Waals surface area contributed by atoms with Gasteiger partial charge in [0, 0.05) is 11.6 Å². The number of hydrogen-bond donors (Lipinski definition) is 3. The number of carbonyl (C=O) groups is 2. The number of benzene rings is 1. The number of hydrogen-bond acceptors (Lipinski definition) is 7. The number of carbonyl (C=O) groups excluding carboxylic acids is 2. The number of aliphatic hydroxyl groups excluding tert-OH is 1. The second kappa shape index (κ2) is 8.32. The number of ether oxygens (including phenoxy) is 1. The number of nitrogens with zero attached hydrogens (tertiary/aromatic N) is 1. The molecule has 3 aromatic rings. The van der Waals surface area contributed by atoms with Crippen LogP contribution in [0.2, 0.25) is 0 Å². The molecule has 0 bridgehead atoms. The van der Waals surface area contributed by atoms with E-state index in [-0.39, 0.29) is 5.56 Å². The molecule has 2 aromatic heterocycles. The number of aliphatic hydroxyl groups is 1. The Morgan fingerprint density at radius 1 is 1.35 bits per heavy atom. The third-order valence-corrected chi connectivity index (χ3v) is 6.79. The molecule has 0 radical (unpaired) electrons. The second-order valence-electron chi connectivity index (χ2n) is 7.85. The van der Waals surface area contributed by atoms with Crippen LogP contribution in [0.25, 0.3) is 11.0 Å². The van der Waals surface area contributed by atoms with Gasteiger partial charge in [0.05, 0.1) is 22.1 Å². The first kappa shape index (κ1) is 21.3. The zero-order chi connectivity index (χ0) is 22.2. The molecular weight excluding hydrogens is 418 g/mol. The first-order valence-corrected chi connectivity index (χ1v) is 11.0. The van der Waals surface area contributed by atoms with E-state index in [2.05, 4.69) is 10.3 Å². The van der Waals surface area contributed by atoms with Gasteiger partial charge in [-0.1, -0.05) is 0 Å². The van der Waals surface area contributed by atoms with Crippen LogP contribution in [0.1, 0.15) is 51.7 Å². The van der Waals surface area contributed by atoms with Crippen molar-refractivity contribution in [2.45, 2.75) is 51.2 Å². The molecule has 9 heteroatoms. The van der Waals surface area contributed by atoms with Crippen molar-refractivity contribution in [3.05, 3.63) is 45.6 Å². The van der Waals surface area contributed by atoms with Crippen molar-refractivity contribution < 1.29 is 23.8 Å². The van der Waals surface area contributed by atoms with Gasteiger partial charge in [0.2, 0.25) is 5.91 Å². The van der Waals surface area contributed by atoms with Gasteiger partial charge in [-0.05, 0) is 57.7 Å². The van der Waals surface area contributed by atoms with Crippen molar-refractivity contribution in [1.82, 2.24) is 10.3 Å². The molecule has 0 saturated heterocycles. The summed E-state index contributed by atoms with van der Waals surface area (Å²) in [7, 11) is 0. The topological polar surface area (TPSA) is 128 Å². The number of amides is 2. The highest BCUT2D eigenvalue weighted by molar-refractivity contribution is 7.11. The Hall–Kier alpha value is -2.91. The van der Waals surface area contributed by atoms with E-state index >= 15 is 0 Å². The molecular formula is C22H25N3O5S. The highest BCUT2D eigenvalue weighted by atomic mass is 32.1. The summed E-state index contributed by atoms with van der Waals surface area (Å²) in [6.45, 7) is 3.07. The third-order valence-electron chi connectivity index (χ3n) is 5.69. The first-order chi connectivity index (χ1) is 14.8. The van der Waals surface area contributed by atoms with Gasteiger partial charge < -0.3 is 25.3 Å². The minimum absolute atomic E-state index is 0.286. The summed E-state index contributed by atoms with van der Waals surface area (Å²) < 4.78 is 12.3. The van der Waals surface area contributed by atoms with Crippen LogP contribution >= 0.6 is 11.3 Å². The molecule has 1 aliphatic carbocycles. The molecule has 2 amide bonds. The van der Waals surface area contributed by atoms with E-state index in [0.717, 1.165) is 35.6 Å². The SMILES string of the molecule is Cc1ncc(C2(Oc3ccc4oc(C)c(C(=O)N[C@@H](CO)C(N)=O)c4c3)CCCC2)s1. The van der Waals surface area contributed by atoms with E-state index in [1.165, 1.54) is 0 Å². The van der Waals surface area contributed by atoms with E-state index in [9.17, 15) is 14.7 Å². The van der Waals surface area contributed by atoms with Crippen molar-refractivity contribution in [2.24, 2.45) is 5.73 Å². The fourth-order valence-electron chi connectivity index (χ4n) is 4.12. The number of fused-ring (bicyclic) bond motifs is 1. The molecule has 4 N–H and O–H groups in total. The molecule has 1 saturated carbocycles. The number of aryl methyl sites for hydroxylation is 2. The van der Waals surface area contributed by atoms with Crippen LogP contribution in [0.5, 0.6) is 5.75 Å². The van der Waals surface area contributed by atoms with Gasteiger partial charge >= 0.3 is 0 Å². The van der Waals surface area contributed by atoms with Crippen molar-refractivity contribution >= 4 is 34.1 Å². The molecule has 1 fully saturated rings. The van der Waals surface area contributed by atoms with Crippen LogP contribution in [0.15, 0.2) is 28.8 Å². The number of thiazole rings is 1. The molecule has 1 aromatic carbocycles. The van der Waals surface area contributed by atoms with Crippen LogP contribution in [0.4, 0.5) is 0 Å². The van der Waals surface area contributed by atoms with Crippen LogP contribution in [0.3, 0.4) is 0 Å². The zero-order valence-electron chi connectivity index (χ0n) is 17.4. The molecule has 0 unspecified atom stereocenters. The van der Waals surface area contributed by atoms with Crippen LogP contribution in [-0.2, 0) is 10.4 Å². The monoisotopic (exact) mass is 443 g/mol. The van der Waals surface area contributed by atoms with E-state index < -0.39 is 30.1 Å². The van der Waals surface area contributed by atoms with E-state index in [4.69, 9.17) is 14.9 Å². The predicted octanol–water partition coefficient (Wildman–Crippen LogP) is 2.93. The van der Waals surface area contributed by atoms with Gasteiger partial charge in [0.1, 0.15) is 28.7 Å². The highest BCUT2D eigenvalue weighted by Gasteiger charge is 2.40. The lowest BCUT2D eigenvalue weighted by molar-refractivity contribution is -0.120. The average molecular weight is 444 g/mol. The molecule has 0 aliphatic heterocycles.